The Kier molecular flexibility index (Phi) is 1760. The average Bonchev–Trinajstić information content (AvgIpc) is 0. The van der Waals surface area contributed by atoms with E-state index in [9.17, 15) is 0 Å². The molecule has 0 aromatic heterocycles. The highest BCUT2D eigenvalue weighted by atomic mass is 35.5. The molecule has 0 aliphatic carbocycles. The smallest absolute Gasteiger partial charge is 0.0149 e. The predicted molar refractivity (Wildman–Crippen MR) is 51.7 cm³/mol. The molecular formula is H12Cl4Si2. The summed E-state index contributed by atoms with van der Waals surface area (Å²) in [5, 5.41) is 0. The van der Waals surface area contributed by atoms with Crippen LogP contribution >= 0.6 is 49.6 Å². The summed E-state index contributed by atoms with van der Waals surface area (Å²) in [4.78, 5) is 0. The summed E-state index contributed by atoms with van der Waals surface area (Å²) >= 11 is 0. The first-order valence-electron chi connectivity index (χ1n) is 0. The molecule has 0 atom stereocenters. The lowest BCUT2D eigenvalue weighted by Gasteiger charge is -0.148. The van der Waals surface area contributed by atoms with Gasteiger partial charge in [0.15, 0.2) is 0 Å². The molecule has 0 nitrogen and oxygen atoms in total. The maximum absolute atomic E-state index is 0. The first-order valence-corrected chi connectivity index (χ1v) is 0. The second-order valence-electron chi connectivity index (χ2n) is 0. The second kappa shape index (κ2) is 81.2. The molecule has 0 aromatic rings. The molecule has 0 aliphatic rings. The summed E-state index contributed by atoms with van der Waals surface area (Å²) in [5.41, 5.74) is 0. The van der Waals surface area contributed by atoms with E-state index in [1.807, 2.05) is 0 Å². The molecular weight excluding hydrogens is 198 g/mol. The molecule has 0 aromatic carbocycles. The van der Waals surface area contributed by atoms with Crippen LogP contribution in [0.2, 0.25) is 0 Å². The topological polar surface area (TPSA) is 0 Å². The van der Waals surface area contributed by atoms with Crippen molar-refractivity contribution in [1.82, 2.24) is 0 Å². The minimum atomic E-state index is 0. The average molecular weight is 210 g/mol. The zero-order chi connectivity index (χ0) is 0. The molecule has 0 rings (SSSR count). The molecule has 0 fully saturated rings. The number of hydrogen-bond donors (Lipinski definition) is 0. The van der Waals surface area contributed by atoms with Crippen LogP contribution in [-0.4, -0.2) is 21.9 Å². The van der Waals surface area contributed by atoms with Gasteiger partial charge in [-0.1, -0.05) is 0 Å². The van der Waals surface area contributed by atoms with Gasteiger partial charge in [-0.3, -0.25) is 0 Å². The second-order valence-corrected chi connectivity index (χ2v) is 0. The van der Waals surface area contributed by atoms with Gasteiger partial charge in [-0.15, -0.1) is 49.6 Å². The Labute approximate surface area is 71.5 Å². The molecule has 6 heavy (non-hydrogen) atoms. The van der Waals surface area contributed by atoms with Gasteiger partial charge in [0.25, 0.3) is 0 Å². The third-order valence-electron chi connectivity index (χ3n) is 0. The van der Waals surface area contributed by atoms with E-state index in [2.05, 4.69) is 0 Å². The van der Waals surface area contributed by atoms with E-state index in [4.69, 9.17) is 0 Å². The minimum absolute atomic E-state index is 0. The summed E-state index contributed by atoms with van der Waals surface area (Å²) in [7, 11) is 0. The molecule has 0 aliphatic heterocycles. The molecule has 0 heterocycles. The highest BCUT2D eigenvalue weighted by Crippen LogP contribution is 0.693. The summed E-state index contributed by atoms with van der Waals surface area (Å²) in [5.74, 6) is 0. The summed E-state index contributed by atoms with van der Waals surface area (Å²) < 4.78 is 0. The lowest BCUT2D eigenvalue weighted by molar-refractivity contribution is 5.75. The quantitative estimate of drug-likeness (QED) is 0.440. The van der Waals surface area contributed by atoms with Gasteiger partial charge in [-0.05, 0) is 21.9 Å². The Bertz CT molecular complexity index is 5.51. The molecule has 0 amide bonds. The lowest BCUT2D eigenvalue weighted by Crippen LogP contribution is -0.382. The van der Waals surface area contributed by atoms with Gasteiger partial charge in [0.05, 0.1) is 0 Å². The fourth-order valence-corrected chi connectivity index (χ4v) is 0. The molecule has 48 valence electrons. The van der Waals surface area contributed by atoms with Gasteiger partial charge in [0, 0.05) is 0 Å². The maximum atomic E-state index is 0. The first kappa shape index (κ1) is 130. The van der Waals surface area contributed by atoms with E-state index < -0.39 is 0 Å². The monoisotopic (exact) mass is 208 g/mol. The van der Waals surface area contributed by atoms with Gasteiger partial charge >= 0.3 is 0 Å². The van der Waals surface area contributed by atoms with Gasteiger partial charge in [-0.2, -0.15) is 0 Å². The van der Waals surface area contributed by atoms with Gasteiger partial charge in [0.1, 0.15) is 0 Å². The van der Waals surface area contributed by atoms with Crippen LogP contribution in [0, 0.1) is 0 Å². The van der Waals surface area contributed by atoms with Crippen LogP contribution in [0.3, 0.4) is 0 Å². The van der Waals surface area contributed by atoms with Gasteiger partial charge in [-0.25, -0.2) is 0 Å². The van der Waals surface area contributed by atoms with Gasteiger partial charge < -0.3 is 0 Å². The van der Waals surface area contributed by atoms with Crippen LogP contribution in [0.1, 0.15) is 0 Å². The predicted octanol–water partition coefficient (Wildman–Crippen LogP) is -1.22. The van der Waals surface area contributed by atoms with Crippen LogP contribution in [0.5, 0.6) is 0 Å². The fraction of sp³-hybridized carbons (Fsp3) is 0. The highest BCUT2D eigenvalue weighted by Gasteiger charge is -0.0138. The molecule has 0 saturated carbocycles. The summed E-state index contributed by atoms with van der Waals surface area (Å²) in [6, 6.07) is 0. The molecule has 0 spiro atoms. The van der Waals surface area contributed by atoms with Crippen molar-refractivity contribution in [3.8, 4) is 0 Å². The van der Waals surface area contributed by atoms with Crippen molar-refractivity contribution in [2.45, 2.75) is 0 Å². The van der Waals surface area contributed by atoms with Crippen molar-refractivity contribution >= 4 is 71.6 Å². The SMILES string of the molecule is Cl.Cl.Cl.Cl.[SiH4].[SiH4]. The Morgan fingerprint density at radius 2 is 0.333 bits per heavy atom. The van der Waals surface area contributed by atoms with Crippen LogP contribution in [0.15, 0.2) is 0 Å². The van der Waals surface area contributed by atoms with E-state index >= 15 is 0 Å². The largest absolute Gasteiger partial charge is 0.147 e. The van der Waals surface area contributed by atoms with Crippen LogP contribution in [0.4, 0.5) is 0 Å². The standard InChI is InChI=1S/4ClH.2H4Si/h4*1H;2*1H4. The van der Waals surface area contributed by atoms with Crippen LogP contribution < -0.4 is 0 Å². The third-order valence-corrected chi connectivity index (χ3v) is 0. The number of rotatable bonds is 0. The minimum Gasteiger partial charge on any atom is -0.147 e. The zero-order valence-corrected chi connectivity index (χ0v) is 4.90. The van der Waals surface area contributed by atoms with Crippen LogP contribution in [-0.2, 0) is 0 Å². The molecule has 0 radical (unpaired) electrons. The highest BCUT2D eigenvalue weighted by molar-refractivity contribution is 5.86. The van der Waals surface area contributed by atoms with Crippen molar-refractivity contribution in [3.63, 3.8) is 0 Å². The summed E-state index contributed by atoms with van der Waals surface area (Å²) in [6.45, 7) is 0. The van der Waals surface area contributed by atoms with Crippen molar-refractivity contribution in [1.29, 1.82) is 0 Å². The lowest BCUT2D eigenvalue weighted by atomic mass is 28.1. The Hall–Kier alpha value is 1.59. The van der Waals surface area contributed by atoms with Crippen molar-refractivity contribution in [2.75, 3.05) is 0 Å². The van der Waals surface area contributed by atoms with E-state index in [-0.39, 0.29) is 71.6 Å². The molecule has 0 N–H and O–H groups in total. The van der Waals surface area contributed by atoms with E-state index in [1.54, 1.807) is 0 Å². The molecule has 0 bridgehead atoms. The van der Waals surface area contributed by atoms with Crippen molar-refractivity contribution in [2.24, 2.45) is 0 Å². The van der Waals surface area contributed by atoms with Crippen molar-refractivity contribution < 1.29 is 0 Å². The van der Waals surface area contributed by atoms with Gasteiger partial charge in [0.2, 0.25) is 0 Å². The van der Waals surface area contributed by atoms with E-state index in [0.717, 1.165) is 0 Å². The van der Waals surface area contributed by atoms with Crippen LogP contribution in [0.25, 0.3) is 0 Å². The van der Waals surface area contributed by atoms with E-state index in [1.165, 1.54) is 0 Å². The normalized spacial score (nSPS) is 0. The Morgan fingerprint density at radius 1 is 0.333 bits per heavy atom. The Morgan fingerprint density at radius 3 is 0.333 bits per heavy atom. The molecule has 0 saturated heterocycles. The van der Waals surface area contributed by atoms with Crippen molar-refractivity contribution in [3.05, 3.63) is 0 Å². The number of halogens is 4. The Balaban J connectivity index is 0. The fourth-order valence-electron chi connectivity index (χ4n) is 0. The molecule has 6 heteroatoms. The summed E-state index contributed by atoms with van der Waals surface area (Å²) in [6.07, 6.45) is 0. The van der Waals surface area contributed by atoms with E-state index in [0.29, 0.717) is 0 Å². The first-order chi connectivity index (χ1) is 0. The zero-order valence-electron chi connectivity index (χ0n) is 1.63. The number of hydrogen-bond acceptors (Lipinski definition) is 0. The molecule has 0 unspecified atom stereocenters. The maximum Gasteiger partial charge on any atom is -0.0149 e. The third kappa shape index (κ3) is 46.5.